The zero-order valence-corrected chi connectivity index (χ0v) is 10.4. The van der Waals surface area contributed by atoms with Gasteiger partial charge >= 0.3 is 0 Å². The second-order valence-electron chi connectivity index (χ2n) is 3.76. The standard InChI is InChI=1S/C13H13F2N3O/c1-2-19-13-6-12(17-8-18-13)16-7-9-5-10(14)3-4-11(9)15/h3-6,8H,2,7H2,1H3,(H,16,17,18). The molecule has 0 aliphatic rings. The van der Waals surface area contributed by atoms with Crippen LogP contribution in [-0.4, -0.2) is 16.6 Å². The number of anilines is 1. The van der Waals surface area contributed by atoms with Crippen LogP contribution in [0.2, 0.25) is 0 Å². The average Bonchev–Trinajstić information content (AvgIpc) is 2.41. The van der Waals surface area contributed by atoms with Crippen LogP contribution in [0.15, 0.2) is 30.6 Å². The number of halogens is 2. The third-order valence-electron chi connectivity index (χ3n) is 2.40. The number of benzene rings is 1. The van der Waals surface area contributed by atoms with E-state index in [1.807, 2.05) is 6.92 Å². The molecule has 2 aromatic rings. The van der Waals surface area contributed by atoms with Crippen LogP contribution in [0.3, 0.4) is 0 Å². The first-order valence-electron chi connectivity index (χ1n) is 5.81. The molecule has 0 spiro atoms. The summed E-state index contributed by atoms with van der Waals surface area (Å²) in [5.41, 5.74) is 0.233. The maximum Gasteiger partial charge on any atom is 0.218 e. The van der Waals surface area contributed by atoms with Crippen LogP contribution in [0.1, 0.15) is 12.5 Å². The van der Waals surface area contributed by atoms with E-state index >= 15 is 0 Å². The summed E-state index contributed by atoms with van der Waals surface area (Å²) in [4.78, 5) is 7.88. The van der Waals surface area contributed by atoms with Gasteiger partial charge in [0.25, 0.3) is 0 Å². The van der Waals surface area contributed by atoms with E-state index < -0.39 is 11.6 Å². The zero-order chi connectivity index (χ0) is 13.7. The second kappa shape index (κ2) is 6.08. The first-order valence-corrected chi connectivity index (χ1v) is 5.81. The van der Waals surface area contributed by atoms with Gasteiger partial charge in [-0.1, -0.05) is 0 Å². The van der Waals surface area contributed by atoms with Crippen molar-refractivity contribution < 1.29 is 13.5 Å². The monoisotopic (exact) mass is 265 g/mol. The fourth-order valence-corrected chi connectivity index (χ4v) is 1.53. The van der Waals surface area contributed by atoms with E-state index in [0.29, 0.717) is 18.3 Å². The molecule has 0 bridgehead atoms. The molecular weight excluding hydrogens is 252 g/mol. The summed E-state index contributed by atoms with van der Waals surface area (Å²) in [7, 11) is 0. The van der Waals surface area contributed by atoms with Gasteiger partial charge in [-0.15, -0.1) is 0 Å². The average molecular weight is 265 g/mol. The van der Waals surface area contributed by atoms with E-state index in [0.717, 1.165) is 18.2 Å². The van der Waals surface area contributed by atoms with Gasteiger partial charge in [-0.3, -0.25) is 0 Å². The summed E-state index contributed by atoms with van der Waals surface area (Å²) < 4.78 is 31.6. The predicted molar refractivity (Wildman–Crippen MR) is 66.9 cm³/mol. The van der Waals surface area contributed by atoms with Crippen LogP contribution < -0.4 is 10.1 Å². The van der Waals surface area contributed by atoms with E-state index in [1.165, 1.54) is 6.33 Å². The normalized spacial score (nSPS) is 10.3. The minimum atomic E-state index is -0.476. The van der Waals surface area contributed by atoms with Gasteiger partial charge in [0.05, 0.1) is 6.61 Å². The Bertz CT molecular complexity index is 563. The second-order valence-corrected chi connectivity index (χ2v) is 3.76. The lowest BCUT2D eigenvalue weighted by atomic mass is 10.2. The van der Waals surface area contributed by atoms with Crippen molar-refractivity contribution in [3.05, 3.63) is 47.8 Å². The van der Waals surface area contributed by atoms with Crippen LogP contribution in [0.25, 0.3) is 0 Å². The van der Waals surface area contributed by atoms with E-state index in [-0.39, 0.29) is 12.1 Å². The number of hydrogen-bond donors (Lipinski definition) is 1. The Balaban J connectivity index is 2.05. The lowest BCUT2D eigenvalue weighted by Crippen LogP contribution is -2.05. The number of ether oxygens (including phenoxy) is 1. The largest absolute Gasteiger partial charge is 0.478 e. The quantitative estimate of drug-likeness (QED) is 0.903. The molecule has 4 nitrogen and oxygen atoms in total. The Morgan fingerprint density at radius 3 is 2.84 bits per heavy atom. The van der Waals surface area contributed by atoms with Gasteiger partial charge in [-0.2, -0.15) is 0 Å². The Labute approximate surface area is 109 Å². The van der Waals surface area contributed by atoms with Crippen LogP contribution in [0.4, 0.5) is 14.6 Å². The summed E-state index contributed by atoms with van der Waals surface area (Å²) >= 11 is 0. The van der Waals surface area contributed by atoms with Gasteiger partial charge in [0.1, 0.15) is 23.8 Å². The minimum absolute atomic E-state index is 0.131. The lowest BCUT2D eigenvalue weighted by Gasteiger charge is -2.08. The van der Waals surface area contributed by atoms with E-state index in [4.69, 9.17) is 4.74 Å². The first-order chi connectivity index (χ1) is 9.19. The Morgan fingerprint density at radius 2 is 2.05 bits per heavy atom. The predicted octanol–water partition coefficient (Wildman–Crippen LogP) is 2.77. The van der Waals surface area contributed by atoms with Crippen molar-refractivity contribution in [2.24, 2.45) is 0 Å². The van der Waals surface area contributed by atoms with Crippen molar-refractivity contribution in [2.45, 2.75) is 13.5 Å². The highest BCUT2D eigenvalue weighted by atomic mass is 19.1. The fraction of sp³-hybridized carbons (Fsp3) is 0.231. The molecule has 1 N–H and O–H groups in total. The Morgan fingerprint density at radius 1 is 1.21 bits per heavy atom. The van der Waals surface area contributed by atoms with Crippen molar-refractivity contribution >= 4 is 5.82 Å². The highest BCUT2D eigenvalue weighted by Crippen LogP contribution is 2.14. The van der Waals surface area contributed by atoms with Crippen LogP contribution in [0, 0.1) is 11.6 Å². The van der Waals surface area contributed by atoms with E-state index in [1.54, 1.807) is 6.07 Å². The molecule has 0 fully saturated rings. The molecule has 0 amide bonds. The van der Waals surface area contributed by atoms with Gasteiger partial charge in [0.15, 0.2) is 0 Å². The third-order valence-corrected chi connectivity index (χ3v) is 2.40. The molecule has 0 unspecified atom stereocenters. The van der Waals surface area contributed by atoms with Gasteiger partial charge in [0.2, 0.25) is 5.88 Å². The van der Waals surface area contributed by atoms with Crippen molar-refractivity contribution in [1.29, 1.82) is 0 Å². The lowest BCUT2D eigenvalue weighted by molar-refractivity contribution is 0.326. The van der Waals surface area contributed by atoms with Crippen molar-refractivity contribution in [3.8, 4) is 5.88 Å². The molecule has 2 rings (SSSR count). The topological polar surface area (TPSA) is 47.0 Å². The molecule has 0 aliphatic carbocycles. The summed E-state index contributed by atoms with van der Waals surface area (Å²) in [5, 5.41) is 2.89. The smallest absolute Gasteiger partial charge is 0.218 e. The highest BCUT2D eigenvalue weighted by Gasteiger charge is 2.05. The molecule has 0 saturated carbocycles. The number of nitrogens with one attached hydrogen (secondary N) is 1. The van der Waals surface area contributed by atoms with Crippen molar-refractivity contribution in [3.63, 3.8) is 0 Å². The minimum Gasteiger partial charge on any atom is -0.478 e. The highest BCUT2D eigenvalue weighted by molar-refractivity contribution is 5.38. The first kappa shape index (κ1) is 13.2. The van der Waals surface area contributed by atoms with Crippen LogP contribution >= 0.6 is 0 Å². The molecule has 0 saturated heterocycles. The molecule has 0 aliphatic heterocycles. The van der Waals surface area contributed by atoms with Gasteiger partial charge in [-0.05, 0) is 25.1 Å². The molecule has 1 aromatic carbocycles. The van der Waals surface area contributed by atoms with Gasteiger partial charge in [0, 0.05) is 18.2 Å². The summed E-state index contributed by atoms with van der Waals surface area (Å²) in [5.74, 6) is -0.0225. The Hall–Kier alpha value is -2.24. The van der Waals surface area contributed by atoms with Gasteiger partial charge in [-0.25, -0.2) is 18.7 Å². The number of rotatable bonds is 5. The summed E-state index contributed by atoms with van der Waals surface area (Å²) in [6, 6.07) is 4.92. The van der Waals surface area contributed by atoms with Crippen molar-refractivity contribution in [2.75, 3.05) is 11.9 Å². The molecule has 1 heterocycles. The number of hydrogen-bond acceptors (Lipinski definition) is 4. The number of aromatic nitrogens is 2. The van der Waals surface area contributed by atoms with Crippen LogP contribution in [-0.2, 0) is 6.54 Å². The zero-order valence-electron chi connectivity index (χ0n) is 10.4. The summed E-state index contributed by atoms with van der Waals surface area (Å²) in [6.45, 7) is 2.47. The Kier molecular flexibility index (Phi) is 4.22. The molecule has 0 radical (unpaired) electrons. The van der Waals surface area contributed by atoms with Crippen molar-refractivity contribution in [1.82, 2.24) is 9.97 Å². The maximum atomic E-state index is 13.4. The van der Waals surface area contributed by atoms with Crippen LogP contribution in [0.5, 0.6) is 5.88 Å². The van der Waals surface area contributed by atoms with E-state index in [9.17, 15) is 8.78 Å². The molecular formula is C13H13F2N3O. The third kappa shape index (κ3) is 3.61. The van der Waals surface area contributed by atoms with E-state index in [2.05, 4.69) is 15.3 Å². The number of nitrogens with zero attached hydrogens (tertiary/aromatic N) is 2. The maximum absolute atomic E-state index is 13.4. The molecule has 0 atom stereocenters. The molecule has 19 heavy (non-hydrogen) atoms. The molecule has 6 heteroatoms. The summed E-state index contributed by atoms with van der Waals surface area (Å²) in [6.07, 6.45) is 1.34. The fourth-order valence-electron chi connectivity index (χ4n) is 1.53. The SMILES string of the molecule is CCOc1cc(NCc2cc(F)ccc2F)ncn1. The van der Waals surface area contributed by atoms with Gasteiger partial charge < -0.3 is 10.1 Å². The molecule has 100 valence electrons. The molecule has 1 aromatic heterocycles.